The van der Waals surface area contributed by atoms with Crippen LogP contribution in [-0.2, 0) is 29.5 Å². The molecule has 21 heteroatoms. The average molecular weight is 753 g/mol. The van der Waals surface area contributed by atoms with Crippen LogP contribution in [0.1, 0.15) is 27.9 Å². The van der Waals surface area contributed by atoms with Gasteiger partial charge in [-0.15, -0.1) is 0 Å². The molecule has 3 aromatic heterocycles. The molecule has 1 atom stereocenters. The number of rotatable bonds is 4. The second-order valence-corrected chi connectivity index (χ2v) is 11.9. The minimum absolute atomic E-state index is 0.0863. The Hall–Kier alpha value is -5.79. The summed E-state index contributed by atoms with van der Waals surface area (Å²) in [5.41, 5.74) is 4.73. The van der Waals surface area contributed by atoms with E-state index in [4.69, 9.17) is 11.6 Å². The highest BCUT2D eigenvalue weighted by molar-refractivity contribution is 6.41. The number of aryl methyl sites for hydroxylation is 3. The van der Waals surface area contributed by atoms with Crippen molar-refractivity contribution >= 4 is 63.9 Å². The van der Waals surface area contributed by atoms with Gasteiger partial charge >= 0.3 is 30.0 Å². The summed E-state index contributed by atoms with van der Waals surface area (Å²) in [5, 5.41) is 16.9. The zero-order chi connectivity index (χ0) is 37.8. The fourth-order valence-electron chi connectivity index (χ4n) is 5.13. The fourth-order valence-corrected chi connectivity index (χ4v) is 5.27. The molecular formula is C31H27ClF6N10O4. The zero-order valence-electron chi connectivity index (χ0n) is 26.8. The summed E-state index contributed by atoms with van der Waals surface area (Å²) in [6, 6.07) is 7.21. The van der Waals surface area contributed by atoms with Crippen LogP contribution in [0, 0.1) is 0 Å². The van der Waals surface area contributed by atoms with Crippen LogP contribution in [0.15, 0.2) is 55.2 Å². The predicted octanol–water partition coefficient (Wildman–Crippen LogP) is 5.13. The molecule has 0 unspecified atom stereocenters. The summed E-state index contributed by atoms with van der Waals surface area (Å²) in [6.45, 7) is 1.01. The molecule has 0 spiro atoms. The molecule has 52 heavy (non-hydrogen) atoms. The molecule has 4 N–H and O–H groups in total. The molecule has 0 radical (unpaired) electrons. The van der Waals surface area contributed by atoms with Gasteiger partial charge in [-0.05, 0) is 54.7 Å². The van der Waals surface area contributed by atoms with Gasteiger partial charge in [0.05, 0.1) is 29.8 Å². The zero-order valence-corrected chi connectivity index (χ0v) is 27.5. The first-order valence-corrected chi connectivity index (χ1v) is 15.6. The largest absolute Gasteiger partial charge is 0.458 e. The quantitative estimate of drug-likeness (QED) is 0.162. The van der Waals surface area contributed by atoms with Crippen LogP contribution >= 0.6 is 11.6 Å². The number of amides is 3. The molecule has 6 bridgehead atoms. The standard InChI is InChI=1S/C27H27ClN10O2.C4F6O2/c1-37-14-18(11-31-37)25(39)38-7-6-20(15-38)34-27(40)35-23-5-4-19-9-17(23)3-2-16-8-21(12-29-10-16)33-26-30-13-22(28)24(32-19)36-26;5-3(6,7)1(11)2(12)4(8,9)10/h4-5,8-14,20H,2-3,6-7,15H2,1H3,(H2,34,35,40)(H2,30,32,33,36);/t20-;/m0./s1. The van der Waals surface area contributed by atoms with Gasteiger partial charge in [0.15, 0.2) is 5.82 Å². The molecule has 1 fully saturated rings. The van der Waals surface area contributed by atoms with E-state index in [0.717, 1.165) is 22.5 Å². The number of urea groups is 1. The van der Waals surface area contributed by atoms with E-state index in [1.807, 2.05) is 30.5 Å². The molecule has 2 aliphatic heterocycles. The number of likely N-dealkylation sites (tertiary alicyclic amines) is 1. The molecule has 0 saturated carbocycles. The number of anilines is 5. The van der Waals surface area contributed by atoms with E-state index in [1.54, 1.807) is 35.2 Å². The number of carbonyl (C=O) groups is 4. The lowest BCUT2D eigenvalue weighted by molar-refractivity contribution is -0.193. The van der Waals surface area contributed by atoms with Crippen molar-refractivity contribution in [2.75, 3.05) is 29.0 Å². The average Bonchev–Trinajstić information content (AvgIpc) is 3.73. The third-order valence-electron chi connectivity index (χ3n) is 7.58. The Morgan fingerprint density at radius 2 is 1.65 bits per heavy atom. The number of ketones is 2. The van der Waals surface area contributed by atoms with Crippen molar-refractivity contribution in [2.45, 2.75) is 37.7 Å². The van der Waals surface area contributed by atoms with Crippen LogP contribution in [-0.4, -0.2) is 84.6 Å². The Balaban J connectivity index is 0.000000376. The lowest BCUT2D eigenvalue weighted by atomic mass is 10.0. The monoisotopic (exact) mass is 752 g/mol. The van der Waals surface area contributed by atoms with Crippen LogP contribution in [0.25, 0.3) is 0 Å². The van der Waals surface area contributed by atoms with E-state index in [2.05, 4.69) is 41.3 Å². The molecule has 14 nitrogen and oxygen atoms in total. The van der Waals surface area contributed by atoms with E-state index >= 15 is 0 Å². The second-order valence-electron chi connectivity index (χ2n) is 11.5. The Bertz CT molecular complexity index is 1980. The van der Waals surface area contributed by atoms with E-state index in [9.17, 15) is 45.5 Å². The van der Waals surface area contributed by atoms with Crippen LogP contribution in [0.3, 0.4) is 0 Å². The highest BCUT2D eigenvalue weighted by Gasteiger charge is 2.54. The number of pyridine rings is 1. The molecule has 5 heterocycles. The summed E-state index contributed by atoms with van der Waals surface area (Å²) >= 11 is 6.36. The SMILES string of the molecule is Cn1cc(C(=O)N2CC[C@H](NC(=O)Nc3ccc4cc3CCc3cncc(c3)Nc3ncc(Cl)c(n3)N4)C2)cn1.O=C(C(=O)C(F)(F)F)C(F)(F)F. The van der Waals surface area contributed by atoms with Gasteiger partial charge in [-0.1, -0.05) is 11.6 Å². The highest BCUT2D eigenvalue weighted by atomic mass is 35.5. The van der Waals surface area contributed by atoms with Crippen molar-refractivity contribution in [1.82, 2.24) is 34.9 Å². The first kappa shape index (κ1) is 37.5. The van der Waals surface area contributed by atoms with E-state index < -0.39 is 23.9 Å². The minimum atomic E-state index is -5.77. The molecule has 1 aromatic carbocycles. The van der Waals surface area contributed by atoms with Crippen molar-refractivity contribution in [3.8, 4) is 0 Å². The van der Waals surface area contributed by atoms with Crippen molar-refractivity contribution in [2.24, 2.45) is 7.05 Å². The Labute approximate surface area is 295 Å². The van der Waals surface area contributed by atoms with Gasteiger partial charge in [0.1, 0.15) is 5.02 Å². The maximum atomic E-state index is 13.0. The number of fused-ring (bicyclic) bond motifs is 6. The number of carbonyl (C=O) groups excluding carboxylic acids is 4. The normalized spacial score (nSPS) is 15.3. The Morgan fingerprint density at radius 1 is 0.923 bits per heavy atom. The maximum Gasteiger partial charge on any atom is 0.458 e. The fraction of sp³-hybridized carbons (Fsp3) is 0.290. The number of hydrogen-bond donors (Lipinski definition) is 4. The first-order chi connectivity index (χ1) is 24.5. The van der Waals surface area contributed by atoms with Crippen LogP contribution < -0.4 is 21.3 Å². The number of aromatic nitrogens is 5. The number of halogens is 7. The predicted molar refractivity (Wildman–Crippen MR) is 173 cm³/mol. The van der Waals surface area contributed by atoms with Crippen molar-refractivity contribution in [3.63, 3.8) is 0 Å². The number of benzene rings is 1. The van der Waals surface area contributed by atoms with Crippen LogP contribution in [0.4, 0.5) is 60.0 Å². The smallest absolute Gasteiger partial charge is 0.339 e. The summed E-state index contributed by atoms with van der Waals surface area (Å²) in [4.78, 5) is 59.8. The summed E-state index contributed by atoms with van der Waals surface area (Å²) in [7, 11) is 1.77. The highest BCUT2D eigenvalue weighted by Crippen LogP contribution is 2.30. The molecule has 2 aliphatic rings. The van der Waals surface area contributed by atoms with E-state index in [-0.39, 0.29) is 18.0 Å². The number of nitrogens with zero attached hydrogens (tertiary/aromatic N) is 6. The van der Waals surface area contributed by atoms with Crippen LogP contribution in [0.5, 0.6) is 0 Å². The topological polar surface area (TPSA) is 176 Å². The molecular weight excluding hydrogens is 726 g/mol. The van der Waals surface area contributed by atoms with Crippen molar-refractivity contribution < 1.29 is 45.5 Å². The Morgan fingerprint density at radius 3 is 2.33 bits per heavy atom. The van der Waals surface area contributed by atoms with Gasteiger partial charge in [-0.2, -0.15) is 36.4 Å². The maximum absolute atomic E-state index is 13.0. The third-order valence-corrected chi connectivity index (χ3v) is 7.85. The van der Waals surface area contributed by atoms with Gasteiger partial charge in [0.2, 0.25) is 5.95 Å². The van der Waals surface area contributed by atoms with E-state index in [1.165, 1.54) is 6.20 Å². The molecule has 0 aliphatic carbocycles. The summed E-state index contributed by atoms with van der Waals surface area (Å²) in [5.74, 6) is -6.05. The van der Waals surface area contributed by atoms with Gasteiger partial charge in [-0.25, -0.2) is 9.78 Å². The van der Waals surface area contributed by atoms with Crippen LogP contribution in [0.2, 0.25) is 5.02 Å². The summed E-state index contributed by atoms with van der Waals surface area (Å²) in [6.07, 6.45) is -1.19. The lowest BCUT2D eigenvalue weighted by Gasteiger charge is -2.18. The number of Topliss-reactive ketones (excluding diaryl/α,β-unsaturated/α-hetero) is 2. The van der Waals surface area contributed by atoms with Crippen molar-refractivity contribution in [1.29, 1.82) is 0 Å². The lowest BCUT2D eigenvalue weighted by Crippen LogP contribution is -2.40. The number of alkyl halides is 6. The van der Waals surface area contributed by atoms with Gasteiger partial charge < -0.3 is 26.2 Å². The number of hydrogen-bond acceptors (Lipinski definition) is 10. The van der Waals surface area contributed by atoms with Gasteiger partial charge in [0, 0.05) is 49.9 Å². The molecule has 6 rings (SSSR count). The van der Waals surface area contributed by atoms with E-state index in [0.29, 0.717) is 60.4 Å². The first-order valence-electron chi connectivity index (χ1n) is 15.2. The van der Waals surface area contributed by atoms with Crippen molar-refractivity contribution in [3.05, 3.63) is 77.0 Å². The molecule has 274 valence electrons. The molecule has 4 aromatic rings. The number of nitrogens with one attached hydrogen (secondary N) is 4. The summed E-state index contributed by atoms with van der Waals surface area (Å²) < 4.78 is 68.6. The second kappa shape index (κ2) is 15.2. The minimum Gasteiger partial charge on any atom is -0.339 e. The molecule has 3 amide bonds. The Kier molecular flexibility index (Phi) is 11.0. The van der Waals surface area contributed by atoms with Gasteiger partial charge in [0.25, 0.3) is 5.91 Å². The van der Waals surface area contributed by atoms with Gasteiger partial charge in [-0.3, -0.25) is 24.0 Å². The third kappa shape index (κ3) is 9.50. The molecule has 1 saturated heterocycles.